The molecule has 1 amide bonds. The van der Waals surface area contributed by atoms with E-state index in [9.17, 15) is 4.79 Å². The first kappa shape index (κ1) is 19.8. The molecule has 0 bridgehead atoms. The summed E-state index contributed by atoms with van der Waals surface area (Å²) in [5.41, 5.74) is 1.36. The predicted octanol–water partition coefficient (Wildman–Crippen LogP) is 3.16. The molecular formula is C23H36N4O. The summed E-state index contributed by atoms with van der Waals surface area (Å²) in [6.45, 7) is 10.9. The van der Waals surface area contributed by atoms with E-state index < -0.39 is 0 Å². The molecule has 0 aliphatic carbocycles. The number of likely N-dealkylation sites (tertiary alicyclic amines) is 3. The van der Waals surface area contributed by atoms with Crippen LogP contribution in [0, 0.1) is 5.92 Å². The molecule has 3 saturated heterocycles. The minimum Gasteiger partial charge on any atom is -0.337 e. The summed E-state index contributed by atoms with van der Waals surface area (Å²) in [4.78, 5) is 24.8. The molecule has 154 valence electrons. The number of carbonyl (C=O) groups is 1. The summed E-state index contributed by atoms with van der Waals surface area (Å²) in [5.74, 6) is 0.626. The number of amides is 1. The van der Waals surface area contributed by atoms with Crippen molar-refractivity contribution >= 4 is 5.91 Å². The van der Waals surface area contributed by atoms with Crippen LogP contribution in [0.25, 0.3) is 0 Å². The highest BCUT2D eigenvalue weighted by atomic mass is 16.2. The van der Waals surface area contributed by atoms with Gasteiger partial charge in [-0.05, 0) is 83.6 Å². The first-order chi connectivity index (χ1) is 13.5. The van der Waals surface area contributed by atoms with Crippen LogP contribution < -0.4 is 0 Å². The highest BCUT2D eigenvalue weighted by molar-refractivity contribution is 5.80. The zero-order chi connectivity index (χ0) is 19.6. The van der Waals surface area contributed by atoms with Crippen LogP contribution in [0.5, 0.6) is 0 Å². The number of aromatic nitrogens is 1. The second-order valence-electron chi connectivity index (χ2n) is 9.61. The highest BCUT2D eigenvalue weighted by Gasteiger charge is 2.40. The minimum atomic E-state index is 0.0526. The van der Waals surface area contributed by atoms with Crippen LogP contribution in [0.2, 0.25) is 0 Å². The average molecular weight is 385 g/mol. The first-order valence-corrected chi connectivity index (χ1v) is 11.2. The molecule has 3 aliphatic rings. The Kier molecular flexibility index (Phi) is 6.02. The lowest BCUT2D eigenvalue weighted by Crippen LogP contribution is -2.53. The number of hydrogen-bond donors (Lipinski definition) is 0. The molecule has 0 saturated carbocycles. The molecule has 1 aromatic rings. The first-order valence-electron chi connectivity index (χ1n) is 11.2. The van der Waals surface area contributed by atoms with E-state index in [0.717, 1.165) is 52.0 Å². The molecule has 0 radical (unpaired) electrons. The van der Waals surface area contributed by atoms with Crippen molar-refractivity contribution in [2.45, 2.75) is 70.5 Å². The lowest BCUT2D eigenvalue weighted by molar-refractivity contribution is -0.141. The summed E-state index contributed by atoms with van der Waals surface area (Å²) in [5, 5.41) is 0. The van der Waals surface area contributed by atoms with Gasteiger partial charge in [0, 0.05) is 43.6 Å². The van der Waals surface area contributed by atoms with Gasteiger partial charge in [-0.3, -0.25) is 19.6 Å². The lowest BCUT2D eigenvalue weighted by atomic mass is 9.91. The minimum absolute atomic E-state index is 0.0526. The Morgan fingerprint density at radius 3 is 2.64 bits per heavy atom. The summed E-state index contributed by atoms with van der Waals surface area (Å²) >= 11 is 0. The molecule has 28 heavy (non-hydrogen) atoms. The van der Waals surface area contributed by atoms with Crippen molar-refractivity contribution in [1.82, 2.24) is 19.7 Å². The summed E-state index contributed by atoms with van der Waals surface area (Å²) in [6, 6.07) is 4.83. The molecule has 3 aliphatic heterocycles. The van der Waals surface area contributed by atoms with E-state index in [1.165, 1.54) is 31.4 Å². The highest BCUT2D eigenvalue weighted by Crippen LogP contribution is 2.32. The monoisotopic (exact) mass is 384 g/mol. The zero-order valence-electron chi connectivity index (χ0n) is 17.6. The maximum Gasteiger partial charge on any atom is 0.227 e. The van der Waals surface area contributed by atoms with Crippen LogP contribution in [0.15, 0.2) is 24.5 Å². The van der Waals surface area contributed by atoms with Crippen molar-refractivity contribution in [2.75, 3.05) is 32.7 Å². The molecule has 0 spiro atoms. The third kappa shape index (κ3) is 4.41. The van der Waals surface area contributed by atoms with E-state index in [1.54, 1.807) is 0 Å². The van der Waals surface area contributed by atoms with Crippen LogP contribution in [-0.2, 0) is 11.3 Å². The van der Waals surface area contributed by atoms with Gasteiger partial charge in [-0.1, -0.05) is 6.07 Å². The van der Waals surface area contributed by atoms with Crippen molar-refractivity contribution in [1.29, 1.82) is 0 Å². The maximum absolute atomic E-state index is 13.2. The Hall–Kier alpha value is -1.46. The Morgan fingerprint density at radius 2 is 1.96 bits per heavy atom. The third-order valence-corrected chi connectivity index (χ3v) is 7.17. The predicted molar refractivity (Wildman–Crippen MR) is 112 cm³/mol. The molecule has 4 rings (SSSR count). The Morgan fingerprint density at radius 1 is 1.14 bits per heavy atom. The van der Waals surface area contributed by atoms with Gasteiger partial charge in [0.1, 0.15) is 0 Å². The van der Waals surface area contributed by atoms with Gasteiger partial charge in [-0.2, -0.15) is 0 Å². The fourth-order valence-corrected chi connectivity index (χ4v) is 5.47. The lowest BCUT2D eigenvalue weighted by Gasteiger charge is -2.43. The van der Waals surface area contributed by atoms with Crippen molar-refractivity contribution < 1.29 is 4.79 Å². The molecule has 0 N–H and O–H groups in total. The summed E-state index contributed by atoms with van der Waals surface area (Å²) in [7, 11) is 0. The zero-order valence-corrected chi connectivity index (χ0v) is 17.6. The summed E-state index contributed by atoms with van der Waals surface area (Å²) < 4.78 is 0. The molecule has 5 heteroatoms. The smallest absolute Gasteiger partial charge is 0.227 e. The molecule has 5 nitrogen and oxygen atoms in total. The van der Waals surface area contributed by atoms with E-state index in [2.05, 4.69) is 39.6 Å². The normalized spacial score (nSPS) is 27.2. The van der Waals surface area contributed by atoms with Gasteiger partial charge in [0.15, 0.2) is 0 Å². The number of pyridine rings is 1. The van der Waals surface area contributed by atoms with Crippen LogP contribution in [-0.4, -0.2) is 69.9 Å². The Labute approximate surface area is 170 Å². The standard InChI is InChI=1S/C23H36N4O/c1-23(2)10-5-13-27(23)22(28)20-7-4-12-26(18-20)21-8-14-25(15-9-21)17-19-6-3-11-24-16-19/h3,6,11,16,20-21H,4-5,7-10,12-15,17-18H2,1-2H3/t20-/m1/s1. The molecule has 0 unspecified atom stereocenters. The van der Waals surface area contributed by atoms with Crippen molar-refractivity contribution in [3.05, 3.63) is 30.1 Å². The van der Waals surface area contributed by atoms with Crippen LogP contribution in [0.3, 0.4) is 0 Å². The quantitative estimate of drug-likeness (QED) is 0.799. The van der Waals surface area contributed by atoms with Gasteiger partial charge in [-0.15, -0.1) is 0 Å². The topological polar surface area (TPSA) is 39.7 Å². The molecular weight excluding hydrogens is 348 g/mol. The van der Waals surface area contributed by atoms with Crippen LogP contribution in [0.1, 0.15) is 57.9 Å². The largest absolute Gasteiger partial charge is 0.337 e. The molecule has 1 atom stereocenters. The van der Waals surface area contributed by atoms with Gasteiger partial charge < -0.3 is 4.90 Å². The van der Waals surface area contributed by atoms with E-state index in [1.807, 2.05) is 18.5 Å². The van der Waals surface area contributed by atoms with Gasteiger partial charge >= 0.3 is 0 Å². The van der Waals surface area contributed by atoms with Gasteiger partial charge in [0.2, 0.25) is 5.91 Å². The van der Waals surface area contributed by atoms with Gasteiger partial charge in [0.05, 0.1) is 5.92 Å². The third-order valence-electron chi connectivity index (χ3n) is 7.17. The molecule has 1 aromatic heterocycles. The number of piperidine rings is 2. The maximum atomic E-state index is 13.2. The fourth-order valence-electron chi connectivity index (χ4n) is 5.47. The van der Waals surface area contributed by atoms with Crippen molar-refractivity contribution in [3.8, 4) is 0 Å². The number of carbonyl (C=O) groups excluding carboxylic acids is 1. The summed E-state index contributed by atoms with van der Waals surface area (Å²) in [6.07, 6.45) is 10.8. The van der Waals surface area contributed by atoms with Crippen LogP contribution >= 0.6 is 0 Å². The fraction of sp³-hybridized carbons (Fsp3) is 0.739. The average Bonchev–Trinajstić information content (AvgIpc) is 3.08. The second-order valence-corrected chi connectivity index (χ2v) is 9.61. The number of hydrogen-bond acceptors (Lipinski definition) is 4. The van der Waals surface area contributed by atoms with Crippen molar-refractivity contribution in [2.24, 2.45) is 5.92 Å². The van der Waals surface area contributed by atoms with E-state index >= 15 is 0 Å². The number of rotatable bonds is 4. The van der Waals surface area contributed by atoms with Gasteiger partial charge in [0.25, 0.3) is 0 Å². The van der Waals surface area contributed by atoms with E-state index in [0.29, 0.717) is 11.9 Å². The number of nitrogens with zero attached hydrogens (tertiary/aromatic N) is 4. The van der Waals surface area contributed by atoms with Gasteiger partial charge in [-0.25, -0.2) is 0 Å². The van der Waals surface area contributed by atoms with Crippen LogP contribution in [0.4, 0.5) is 0 Å². The molecule has 0 aromatic carbocycles. The second kappa shape index (κ2) is 8.50. The van der Waals surface area contributed by atoms with Crippen molar-refractivity contribution in [3.63, 3.8) is 0 Å². The van der Waals surface area contributed by atoms with E-state index in [4.69, 9.17) is 0 Å². The molecule has 3 fully saturated rings. The SMILES string of the molecule is CC1(C)CCCN1C(=O)[C@@H]1CCCN(C2CCN(Cc3cccnc3)CC2)C1. The molecule has 4 heterocycles. The Bertz CT molecular complexity index is 654. The van der Waals surface area contributed by atoms with E-state index in [-0.39, 0.29) is 11.5 Å². The Balaban J connectivity index is 1.29.